The first-order chi connectivity index (χ1) is 37.9. The van der Waals surface area contributed by atoms with Gasteiger partial charge in [0.15, 0.2) is 5.43 Å². The average Bonchev–Trinajstić information content (AvgIpc) is 3.39. The predicted molar refractivity (Wildman–Crippen MR) is 292 cm³/mol. The molecule has 8 amide bonds. The van der Waals surface area contributed by atoms with Gasteiger partial charge in [-0.3, -0.25) is 52.9 Å². The number of benzene rings is 4. The van der Waals surface area contributed by atoms with Gasteiger partial charge in [-0.25, -0.2) is 4.57 Å². The number of primary amides is 2. The highest BCUT2D eigenvalue weighted by molar-refractivity contribution is 7.78. The van der Waals surface area contributed by atoms with Crippen molar-refractivity contribution >= 4 is 89.1 Å². The zero-order chi connectivity index (χ0) is 58.4. The molecule has 2 aliphatic carbocycles. The van der Waals surface area contributed by atoms with Crippen molar-refractivity contribution in [2.24, 2.45) is 28.3 Å². The van der Waals surface area contributed by atoms with Crippen LogP contribution in [0.2, 0.25) is 0 Å². The molecule has 1 heterocycles. The molecule has 80 heavy (non-hydrogen) atoms. The summed E-state index contributed by atoms with van der Waals surface area (Å²) in [6.07, 6.45) is 0.135. The highest BCUT2D eigenvalue weighted by Gasteiger charge is 2.34. The molecule has 1 saturated carbocycles. The summed E-state index contributed by atoms with van der Waals surface area (Å²) in [7, 11) is -4.94. The van der Waals surface area contributed by atoms with E-state index in [9.17, 15) is 67.7 Å². The summed E-state index contributed by atoms with van der Waals surface area (Å²) in [4.78, 5) is 141. The van der Waals surface area contributed by atoms with E-state index in [0.717, 1.165) is 0 Å². The number of carbonyl (C=O) groups is 8. The topological polar surface area (TPSA) is 411 Å². The summed E-state index contributed by atoms with van der Waals surface area (Å²) >= 11 is 4.85. The maximum Gasteiger partial charge on any atom is 0.524 e. The van der Waals surface area contributed by atoms with E-state index in [1.54, 1.807) is 38.1 Å². The number of hydrogen-bond donors (Lipinski definition) is 12. The Morgan fingerprint density at radius 3 is 2.12 bits per heavy atom. The number of amides is 8. The highest BCUT2D eigenvalue weighted by atomic mass is 32.1. The van der Waals surface area contributed by atoms with E-state index in [2.05, 4.69) is 46.6 Å². The van der Waals surface area contributed by atoms with Crippen molar-refractivity contribution in [3.63, 3.8) is 0 Å². The number of aliphatic hydroxyl groups is 1. The third-order valence-electron chi connectivity index (χ3n) is 13.0. The number of phosphoric ester groups is 1. The molecule has 0 aromatic heterocycles. The number of rotatable bonds is 25. The number of carbonyl (C=O) groups excluding carboxylic acids is 8. The van der Waals surface area contributed by atoms with Crippen LogP contribution in [-0.2, 0) is 44.5 Å². The van der Waals surface area contributed by atoms with Gasteiger partial charge in [0.2, 0.25) is 41.4 Å². The molecule has 0 saturated heterocycles. The maximum absolute atomic E-state index is 14.4. The molecule has 3 aromatic rings. The van der Waals surface area contributed by atoms with Crippen molar-refractivity contribution in [2.45, 2.75) is 95.4 Å². The first-order valence-electron chi connectivity index (χ1n) is 25.1. The lowest BCUT2D eigenvalue weighted by atomic mass is 9.84. The van der Waals surface area contributed by atoms with Gasteiger partial charge in [-0.2, -0.15) is 4.99 Å². The van der Waals surface area contributed by atoms with E-state index in [1.807, 2.05) is 0 Å². The predicted octanol–water partition coefficient (Wildman–Crippen LogP) is 1.85. The fourth-order valence-corrected chi connectivity index (χ4v) is 9.58. The van der Waals surface area contributed by atoms with Crippen LogP contribution >= 0.6 is 20.0 Å². The van der Waals surface area contributed by atoms with Crippen LogP contribution < -0.4 is 53.3 Å². The van der Waals surface area contributed by atoms with Gasteiger partial charge >= 0.3 is 7.82 Å². The number of nitrogens with zero attached hydrogens (tertiary/aromatic N) is 1. The van der Waals surface area contributed by atoms with Crippen molar-refractivity contribution < 1.29 is 71.9 Å². The Hall–Kier alpha value is -8.38. The van der Waals surface area contributed by atoms with E-state index < -0.39 is 111 Å². The fourth-order valence-electron chi connectivity index (χ4n) is 9.08. The Bertz CT molecular complexity index is 3280. The van der Waals surface area contributed by atoms with Gasteiger partial charge < -0.3 is 62.5 Å². The number of aliphatic hydroxyl groups excluding tert-OH is 1. The Morgan fingerprint density at radius 1 is 0.812 bits per heavy atom. The maximum atomic E-state index is 14.4. The van der Waals surface area contributed by atoms with Crippen LogP contribution in [0.1, 0.15) is 74.7 Å². The zero-order valence-electron chi connectivity index (χ0n) is 43.3. The molecule has 6 rings (SSSR count). The molecule has 1 fully saturated rings. The number of phenolic OH excluding ortho intramolecular Hbond substituents is 1. The molecule has 3 aromatic carbocycles. The molecule has 25 nitrogen and oxygen atoms in total. The summed E-state index contributed by atoms with van der Waals surface area (Å²) in [6, 6.07) is 12.8. The Morgan fingerprint density at radius 2 is 1.49 bits per heavy atom. The Labute approximate surface area is 462 Å². The SMILES string of the molecule is CC(C)C[C@H](NC(=O)CNC(=O)[C@H](CCC(N)=O)NC(=O)[C@H](Cc1ccc(OP(=O)(O)O)cc1)NC(=O)C1CCC(NC(=O)c2cc(N=C=S)ccc2-c2c3ccc(=O)cc-3oc3cc(O)ccc23)CC1)C(=O)N[C@@H](CO)C(N)=O. The number of thiocarbonyl (C=S) groups is 1. The lowest BCUT2D eigenvalue weighted by molar-refractivity contribution is -0.134. The van der Waals surface area contributed by atoms with Crippen molar-refractivity contribution in [2.75, 3.05) is 13.2 Å². The quantitative estimate of drug-likeness (QED) is 0.0172. The Balaban J connectivity index is 1.17. The lowest BCUT2D eigenvalue weighted by Crippen LogP contribution is -2.57. The summed E-state index contributed by atoms with van der Waals surface area (Å²) in [5.74, 6) is -7.43. The number of phosphoric acid groups is 1. The van der Waals surface area contributed by atoms with E-state index in [1.165, 1.54) is 54.6 Å². The van der Waals surface area contributed by atoms with Gasteiger partial charge in [0.05, 0.1) is 24.0 Å². The number of hydrogen-bond acceptors (Lipinski definition) is 16. The van der Waals surface area contributed by atoms with Crippen LogP contribution in [0, 0.1) is 11.8 Å². The first kappa shape index (κ1) is 60.8. The van der Waals surface area contributed by atoms with E-state index in [0.29, 0.717) is 46.2 Å². The largest absolute Gasteiger partial charge is 0.524 e. The third-order valence-corrected chi connectivity index (χ3v) is 13.5. The standard InChI is InChI=1S/C53H60N9O16PS/c1-27(2)19-40(52(72)62-42(25-63)48(55)68)59-46(67)24-56-51(71)39(17-18-45(54)66)60-53(73)41(20-28-3-12-34(13-4-28)78-79(74,75)76)61-49(69)29-5-7-30(8-6-29)58-50(70)38-21-31(57-26-80)9-14-35(38)47-36-15-10-32(64)22-43(36)77-44-23-33(65)11-16-37(44)47/h3-4,9-16,21-23,27,29-30,39-42,63-64H,5-8,17-20,24-25H2,1-2H3,(H2,54,66)(H2,55,68)(H,56,71)(H,58,70)(H,59,67)(H,60,73)(H,61,69)(H,62,72)(H2,74,75,76)/t29?,30?,39-,40-,41-,42-/m0/s1. The van der Waals surface area contributed by atoms with Crippen LogP contribution in [0.4, 0.5) is 5.69 Å². The molecule has 1 aliphatic heterocycles. The minimum absolute atomic E-state index is 0.0791. The van der Waals surface area contributed by atoms with Gasteiger partial charge in [0, 0.05) is 59.0 Å². The summed E-state index contributed by atoms with van der Waals surface area (Å²) < 4.78 is 22.1. The number of isothiocyanates is 1. The van der Waals surface area contributed by atoms with Crippen molar-refractivity contribution in [3.05, 3.63) is 100 Å². The zero-order valence-corrected chi connectivity index (χ0v) is 45.0. The second-order valence-electron chi connectivity index (χ2n) is 19.4. The molecule has 0 radical (unpaired) electrons. The summed E-state index contributed by atoms with van der Waals surface area (Å²) in [6.45, 7) is 1.97. The van der Waals surface area contributed by atoms with Gasteiger partial charge in [0.1, 0.15) is 47.0 Å². The van der Waals surface area contributed by atoms with Crippen LogP contribution in [0.3, 0.4) is 0 Å². The van der Waals surface area contributed by atoms with Gasteiger partial charge in [-0.1, -0.05) is 32.0 Å². The average molecular weight is 1140 g/mol. The smallest absolute Gasteiger partial charge is 0.508 e. The minimum Gasteiger partial charge on any atom is -0.508 e. The lowest BCUT2D eigenvalue weighted by Gasteiger charge is -2.30. The number of nitrogens with two attached hydrogens (primary N) is 2. The van der Waals surface area contributed by atoms with Crippen molar-refractivity contribution in [1.29, 1.82) is 0 Å². The molecule has 0 unspecified atom stereocenters. The number of nitrogens with one attached hydrogen (secondary N) is 6. The van der Waals surface area contributed by atoms with Gasteiger partial charge in [0.25, 0.3) is 5.91 Å². The molecule has 14 N–H and O–H groups in total. The third kappa shape index (κ3) is 17.1. The fraction of sp³-hybridized carbons (Fsp3) is 0.358. The minimum atomic E-state index is -4.94. The van der Waals surface area contributed by atoms with Crippen LogP contribution in [0.25, 0.3) is 33.4 Å². The van der Waals surface area contributed by atoms with Crippen LogP contribution in [0.5, 0.6) is 11.5 Å². The number of fused-ring (bicyclic) bond motifs is 2. The Kier molecular flexibility index (Phi) is 20.9. The second kappa shape index (κ2) is 27.5. The van der Waals surface area contributed by atoms with E-state index in [4.69, 9.17) is 28.1 Å². The molecule has 27 heteroatoms. The van der Waals surface area contributed by atoms with E-state index >= 15 is 0 Å². The first-order valence-corrected chi connectivity index (χ1v) is 27.1. The summed E-state index contributed by atoms with van der Waals surface area (Å²) in [5, 5.41) is 38.0. The molecular weight excluding hydrogens is 1080 g/mol. The number of phenols is 1. The van der Waals surface area contributed by atoms with Crippen molar-refractivity contribution in [3.8, 4) is 33.9 Å². The molecule has 3 aliphatic rings. The van der Waals surface area contributed by atoms with Crippen LogP contribution in [0.15, 0.2) is 93.1 Å². The number of aromatic hydroxyl groups is 1. The second-order valence-corrected chi connectivity index (χ2v) is 20.8. The molecular formula is C53H60N9O16PS. The summed E-state index contributed by atoms with van der Waals surface area (Å²) in [5.41, 5.74) is 12.9. The molecule has 4 atom stereocenters. The molecule has 0 bridgehead atoms. The molecule has 0 spiro atoms. The van der Waals surface area contributed by atoms with Gasteiger partial charge in [-0.05, 0) is 116 Å². The van der Waals surface area contributed by atoms with E-state index in [-0.39, 0.29) is 71.9 Å². The molecule has 424 valence electrons. The number of aliphatic imine (C=N–C) groups is 1. The normalized spacial score (nSPS) is 15.7. The van der Waals surface area contributed by atoms with Gasteiger partial charge in [-0.15, -0.1) is 0 Å². The van der Waals surface area contributed by atoms with Crippen molar-refractivity contribution in [1.82, 2.24) is 31.9 Å². The van der Waals surface area contributed by atoms with Crippen LogP contribution in [-0.4, -0.2) is 116 Å². The highest BCUT2D eigenvalue weighted by Crippen LogP contribution is 2.43. The monoisotopic (exact) mass is 1140 g/mol.